The van der Waals surface area contributed by atoms with Crippen molar-refractivity contribution < 1.29 is 58.3 Å². The second-order valence-corrected chi connectivity index (χ2v) is 14.1. The summed E-state index contributed by atoms with van der Waals surface area (Å²) >= 11 is 0. The van der Waals surface area contributed by atoms with Crippen molar-refractivity contribution in [1.82, 2.24) is 0 Å². The molecule has 0 amide bonds. The molecule has 6 unspecified atom stereocenters. The third-order valence-corrected chi connectivity index (χ3v) is 9.09. The standard InChI is InChI=1S/C38H65O12P/c1-3-5-7-9-11-13-15-16-17-18-20-22-24-26-28-47-29-31(49-32(39)27-25-23-21-19-14-12-10-8-6-4-2)30-48-51(45,46)50-38-36(43)34(41)33(40)35(42)37(38)44/h5,7-8,10-11,13,16-17,20,22,31,33-38,40-44H,3-4,6,9,12,14-15,18-19,21,23-30H2,1-2H3,(H,45,46)/b7-5-,10-8-,13-11-,17-16-,22-20-. The van der Waals surface area contributed by atoms with Crippen molar-refractivity contribution in [3.05, 3.63) is 60.8 Å². The van der Waals surface area contributed by atoms with Crippen molar-refractivity contribution in [3.63, 3.8) is 0 Å². The molecule has 1 aliphatic carbocycles. The van der Waals surface area contributed by atoms with E-state index in [0.717, 1.165) is 77.0 Å². The molecule has 0 spiro atoms. The van der Waals surface area contributed by atoms with Crippen LogP contribution in [0.1, 0.15) is 110 Å². The van der Waals surface area contributed by atoms with E-state index in [2.05, 4.69) is 74.6 Å². The van der Waals surface area contributed by atoms with Crippen LogP contribution in [0, 0.1) is 0 Å². The van der Waals surface area contributed by atoms with Crippen LogP contribution in [0.2, 0.25) is 0 Å². The van der Waals surface area contributed by atoms with E-state index < -0.39 is 63.1 Å². The third-order valence-electron chi connectivity index (χ3n) is 8.11. The molecule has 0 heterocycles. The highest BCUT2D eigenvalue weighted by molar-refractivity contribution is 7.47. The Labute approximate surface area is 305 Å². The lowest BCUT2D eigenvalue weighted by Gasteiger charge is -2.41. The van der Waals surface area contributed by atoms with Crippen LogP contribution < -0.4 is 0 Å². The molecule has 0 aromatic heterocycles. The maximum Gasteiger partial charge on any atom is 0.472 e. The van der Waals surface area contributed by atoms with Gasteiger partial charge in [0.15, 0.2) is 0 Å². The number of aliphatic hydroxyl groups excluding tert-OH is 5. The summed E-state index contributed by atoms with van der Waals surface area (Å²) in [6.45, 7) is 3.88. The van der Waals surface area contributed by atoms with E-state index in [-0.39, 0.29) is 13.0 Å². The normalized spacial score (nSPS) is 24.8. The largest absolute Gasteiger partial charge is 0.472 e. The number of esters is 1. The minimum atomic E-state index is -5.02. The Balaban J connectivity index is 2.55. The first-order valence-corrected chi connectivity index (χ1v) is 20.1. The van der Waals surface area contributed by atoms with Gasteiger partial charge in [-0.25, -0.2) is 4.57 Å². The van der Waals surface area contributed by atoms with E-state index in [1.807, 2.05) is 0 Å². The average molecular weight is 745 g/mol. The first-order chi connectivity index (χ1) is 24.5. The van der Waals surface area contributed by atoms with E-state index in [1.54, 1.807) is 0 Å². The van der Waals surface area contributed by atoms with Crippen LogP contribution in [0.3, 0.4) is 0 Å². The van der Waals surface area contributed by atoms with Gasteiger partial charge in [0.25, 0.3) is 0 Å². The molecule has 13 heteroatoms. The Morgan fingerprint density at radius 3 is 1.78 bits per heavy atom. The summed E-state index contributed by atoms with van der Waals surface area (Å²) in [5, 5.41) is 49.9. The van der Waals surface area contributed by atoms with Crippen molar-refractivity contribution >= 4 is 13.8 Å². The number of allylic oxidation sites excluding steroid dienone is 10. The van der Waals surface area contributed by atoms with Gasteiger partial charge < -0.3 is 39.9 Å². The van der Waals surface area contributed by atoms with Gasteiger partial charge in [-0.2, -0.15) is 0 Å². The van der Waals surface area contributed by atoms with Gasteiger partial charge in [-0.15, -0.1) is 0 Å². The Bertz CT molecular complexity index is 1070. The van der Waals surface area contributed by atoms with Crippen molar-refractivity contribution in [3.8, 4) is 0 Å². The molecular formula is C38H65O12P. The lowest BCUT2D eigenvalue weighted by Crippen LogP contribution is -2.64. The van der Waals surface area contributed by atoms with E-state index in [4.69, 9.17) is 18.5 Å². The summed E-state index contributed by atoms with van der Waals surface area (Å²) in [6.07, 6.45) is 21.9. The Kier molecular flexibility index (Phi) is 27.2. The molecule has 1 rings (SSSR count). The molecule has 51 heavy (non-hydrogen) atoms. The van der Waals surface area contributed by atoms with Crippen LogP contribution in [-0.2, 0) is 27.9 Å². The maximum absolute atomic E-state index is 12.7. The fourth-order valence-corrected chi connectivity index (χ4v) is 6.10. The second kappa shape index (κ2) is 29.5. The number of unbranched alkanes of at least 4 members (excludes halogenated alkanes) is 7. The molecular weight excluding hydrogens is 679 g/mol. The van der Waals surface area contributed by atoms with Crippen LogP contribution in [0.15, 0.2) is 60.8 Å². The van der Waals surface area contributed by atoms with Crippen LogP contribution in [0.25, 0.3) is 0 Å². The van der Waals surface area contributed by atoms with E-state index in [0.29, 0.717) is 19.4 Å². The number of rotatable bonds is 29. The highest BCUT2D eigenvalue weighted by Crippen LogP contribution is 2.47. The second-order valence-electron chi connectivity index (χ2n) is 12.7. The minimum absolute atomic E-state index is 0.121. The molecule has 0 bridgehead atoms. The third kappa shape index (κ3) is 22.7. The van der Waals surface area contributed by atoms with Crippen molar-refractivity contribution in [2.24, 2.45) is 0 Å². The Morgan fingerprint density at radius 2 is 1.16 bits per heavy atom. The summed E-state index contributed by atoms with van der Waals surface area (Å²) in [5.74, 6) is -0.512. The molecule has 1 fully saturated rings. The fourth-order valence-electron chi connectivity index (χ4n) is 5.12. The van der Waals surface area contributed by atoms with Gasteiger partial charge in [-0.1, -0.05) is 100 Å². The number of carbonyl (C=O) groups excluding carboxylic acids is 1. The number of phosphoric ester groups is 1. The van der Waals surface area contributed by atoms with E-state index >= 15 is 0 Å². The van der Waals surface area contributed by atoms with Gasteiger partial charge in [-0.3, -0.25) is 13.8 Å². The number of aliphatic hydroxyl groups is 5. The summed E-state index contributed by atoms with van der Waals surface area (Å²) in [5.41, 5.74) is 0. The first kappa shape index (κ1) is 47.1. The molecule has 1 aliphatic rings. The molecule has 6 N–H and O–H groups in total. The predicted molar refractivity (Wildman–Crippen MR) is 198 cm³/mol. The summed E-state index contributed by atoms with van der Waals surface area (Å²) in [6, 6.07) is 0. The first-order valence-electron chi connectivity index (χ1n) is 18.6. The number of carbonyl (C=O) groups is 1. The quantitative estimate of drug-likeness (QED) is 0.0230. The fraction of sp³-hybridized carbons (Fsp3) is 0.711. The van der Waals surface area contributed by atoms with Crippen molar-refractivity contribution in [2.45, 2.75) is 153 Å². The number of phosphoric acid groups is 1. The number of ether oxygens (including phenoxy) is 2. The van der Waals surface area contributed by atoms with Crippen molar-refractivity contribution in [1.29, 1.82) is 0 Å². The average Bonchev–Trinajstić information content (AvgIpc) is 3.11. The van der Waals surface area contributed by atoms with E-state index in [1.165, 1.54) is 0 Å². The molecule has 1 saturated carbocycles. The molecule has 12 nitrogen and oxygen atoms in total. The number of hydrogen-bond donors (Lipinski definition) is 6. The molecule has 0 aromatic carbocycles. The Morgan fingerprint density at radius 1 is 0.647 bits per heavy atom. The van der Waals surface area contributed by atoms with Gasteiger partial charge in [0.2, 0.25) is 0 Å². The Hall–Kier alpha value is -1.96. The van der Waals surface area contributed by atoms with Crippen LogP contribution >= 0.6 is 7.82 Å². The SMILES string of the molecule is CC/C=C\C/C=C\C/C=C\C/C=C\CCCOCC(COP(=O)(O)OC1C(O)C(O)C(O)C(O)C1O)OC(=O)CCCCCCC/C=C\CCC. The zero-order valence-electron chi connectivity index (χ0n) is 30.6. The zero-order chi connectivity index (χ0) is 37.7. The van der Waals surface area contributed by atoms with Gasteiger partial charge in [-0.05, 0) is 64.2 Å². The zero-order valence-corrected chi connectivity index (χ0v) is 31.5. The summed E-state index contributed by atoms with van der Waals surface area (Å²) < 4.78 is 33.8. The molecule has 6 atom stereocenters. The molecule has 0 radical (unpaired) electrons. The maximum atomic E-state index is 12.7. The highest BCUT2D eigenvalue weighted by Gasteiger charge is 2.51. The highest BCUT2D eigenvalue weighted by atomic mass is 31.2. The summed E-state index contributed by atoms with van der Waals surface area (Å²) in [4.78, 5) is 22.9. The monoisotopic (exact) mass is 744 g/mol. The van der Waals surface area contributed by atoms with Crippen LogP contribution in [-0.4, -0.2) is 98.9 Å². The lowest BCUT2D eigenvalue weighted by molar-refractivity contribution is -0.220. The molecule has 0 aliphatic heterocycles. The van der Waals surface area contributed by atoms with Gasteiger partial charge in [0.05, 0.1) is 13.2 Å². The van der Waals surface area contributed by atoms with Gasteiger partial charge in [0.1, 0.15) is 42.7 Å². The predicted octanol–water partition coefficient (Wildman–Crippen LogP) is 5.91. The minimum Gasteiger partial charge on any atom is -0.457 e. The topological polar surface area (TPSA) is 192 Å². The van der Waals surface area contributed by atoms with Gasteiger partial charge >= 0.3 is 13.8 Å². The lowest BCUT2D eigenvalue weighted by atomic mass is 9.85. The van der Waals surface area contributed by atoms with Crippen LogP contribution in [0.4, 0.5) is 0 Å². The molecule has 0 saturated heterocycles. The number of hydrogen-bond acceptors (Lipinski definition) is 11. The van der Waals surface area contributed by atoms with Crippen molar-refractivity contribution in [2.75, 3.05) is 19.8 Å². The van der Waals surface area contributed by atoms with E-state index in [9.17, 15) is 39.8 Å². The van der Waals surface area contributed by atoms with Crippen LogP contribution in [0.5, 0.6) is 0 Å². The molecule has 294 valence electrons. The summed E-state index contributed by atoms with van der Waals surface area (Å²) in [7, 11) is -5.02. The van der Waals surface area contributed by atoms with Gasteiger partial charge in [0, 0.05) is 13.0 Å². The molecule has 0 aromatic rings. The smallest absolute Gasteiger partial charge is 0.457 e.